The first-order valence-corrected chi connectivity index (χ1v) is 17.1. The third-order valence-corrected chi connectivity index (χ3v) is 9.83. The van der Waals surface area contributed by atoms with Gasteiger partial charge in [-0.2, -0.15) is 0 Å². The maximum absolute atomic E-state index is 14.6. The van der Waals surface area contributed by atoms with Crippen LogP contribution in [0.1, 0.15) is 31.4 Å². The topological polar surface area (TPSA) is 105 Å². The van der Waals surface area contributed by atoms with Gasteiger partial charge < -0.3 is 19.7 Å². The molecule has 0 radical (unpaired) electrons. The Morgan fingerprint density at radius 1 is 0.830 bits per heavy atom. The van der Waals surface area contributed by atoms with Gasteiger partial charge in [0.2, 0.25) is 11.8 Å². The minimum absolute atomic E-state index is 0.0793. The maximum atomic E-state index is 14.6. The Hall–Kier alpha value is -4.54. The van der Waals surface area contributed by atoms with Crippen LogP contribution < -0.4 is 19.1 Å². The van der Waals surface area contributed by atoms with Crippen LogP contribution in [0.4, 0.5) is 5.69 Å². The highest BCUT2D eigenvalue weighted by Gasteiger charge is 2.35. The third kappa shape index (κ3) is 9.05. The molecule has 1 N–H and O–H groups in total. The van der Waals surface area contributed by atoms with Gasteiger partial charge in [0.1, 0.15) is 12.6 Å². The highest BCUT2D eigenvalue weighted by Crippen LogP contribution is 2.33. The van der Waals surface area contributed by atoms with E-state index >= 15 is 0 Å². The Bertz CT molecular complexity index is 1740. The van der Waals surface area contributed by atoms with Crippen LogP contribution in [-0.4, -0.2) is 58.0 Å². The van der Waals surface area contributed by atoms with Crippen molar-refractivity contribution in [3.8, 4) is 11.5 Å². The van der Waals surface area contributed by atoms with E-state index in [1.807, 2.05) is 74.5 Å². The number of nitrogens with one attached hydrogen (secondary N) is 1. The van der Waals surface area contributed by atoms with Crippen LogP contribution in [-0.2, 0) is 32.6 Å². The molecule has 0 saturated heterocycles. The second-order valence-corrected chi connectivity index (χ2v) is 13.3. The van der Waals surface area contributed by atoms with Gasteiger partial charge in [0, 0.05) is 30.1 Å². The van der Waals surface area contributed by atoms with Crippen molar-refractivity contribution < 1.29 is 27.5 Å². The summed E-state index contributed by atoms with van der Waals surface area (Å²) >= 11 is 6.16. The van der Waals surface area contributed by atoms with Crippen molar-refractivity contribution in [3.63, 3.8) is 0 Å². The Morgan fingerprint density at radius 2 is 1.43 bits per heavy atom. The minimum Gasteiger partial charge on any atom is -0.493 e. The fourth-order valence-electron chi connectivity index (χ4n) is 5.02. The van der Waals surface area contributed by atoms with E-state index < -0.39 is 28.5 Å². The van der Waals surface area contributed by atoms with Crippen molar-refractivity contribution in [2.24, 2.45) is 0 Å². The van der Waals surface area contributed by atoms with E-state index in [1.54, 1.807) is 12.1 Å². The number of carbonyl (C=O) groups is 2. The van der Waals surface area contributed by atoms with Gasteiger partial charge in [-0.25, -0.2) is 8.42 Å². The van der Waals surface area contributed by atoms with Crippen LogP contribution in [0.15, 0.2) is 108 Å². The summed E-state index contributed by atoms with van der Waals surface area (Å²) in [6.45, 7) is 3.36. The van der Waals surface area contributed by atoms with Crippen molar-refractivity contribution in [2.45, 2.75) is 50.2 Å². The van der Waals surface area contributed by atoms with E-state index in [0.29, 0.717) is 17.2 Å². The maximum Gasteiger partial charge on any atom is 0.264 e. The van der Waals surface area contributed by atoms with Gasteiger partial charge in [0.15, 0.2) is 11.5 Å². The largest absolute Gasteiger partial charge is 0.493 e. The lowest BCUT2D eigenvalue weighted by molar-refractivity contribution is -0.140. The van der Waals surface area contributed by atoms with Crippen molar-refractivity contribution in [1.82, 2.24) is 10.2 Å². The minimum atomic E-state index is -4.35. The molecule has 0 aliphatic carbocycles. The molecule has 4 aromatic carbocycles. The number of rotatable bonds is 15. The summed E-state index contributed by atoms with van der Waals surface area (Å²) in [5.41, 5.74) is 1.87. The number of hydrogen-bond acceptors (Lipinski definition) is 6. The van der Waals surface area contributed by atoms with Crippen LogP contribution in [0.5, 0.6) is 11.5 Å². The first-order chi connectivity index (χ1) is 22.6. The smallest absolute Gasteiger partial charge is 0.264 e. The summed E-state index contributed by atoms with van der Waals surface area (Å²) < 4.78 is 40.4. The zero-order chi connectivity index (χ0) is 34.0. The number of amides is 2. The van der Waals surface area contributed by atoms with Crippen LogP contribution >= 0.6 is 11.6 Å². The van der Waals surface area contributed by atoms with E-state index in [1.165, 1.54) is 49.5 Å². The molecule has 0 aromatic heterocycles. The molecule has 47 heavy (non-hydrogen) atoms. The van der Waals surface area contributed by atoms with Gasteiger partial charge >= 0.3 is 0 Å². The predicted octanol–water partition coefficient (Wildman–Crippen LogP) is 6.11. The SMILES string of the molecule is CC[C@H](C)NC(=O)[C@@H](Cc1ccccc1)N(Cc1ccccc1)C(=O)CN(c1ccc(Cl)cc1)S(=O)(=O)c1ccc(OC)c(OC)c1. The van der Waals surface area contributed by atoms with Crippen molar-refractivity contribution in [1.29, 1.82) is 0 Å². The van der Waals surface area contributed by atoms with E-state index in [0.717, 1.165) is 15.4 Å². The highest BCUT2D eigenvalue weighted by molar-refractivity contribution is 7.92. The number of halogens is 1. The number of benzene rings is 4. The fraction of sp³-hybridized carbons (Fsp3) is 0.278. The molecule has 4 aromatic rings. The second kappa shape index (κ2) is 16.3. The molecule has 2 atom stereocenters. The van der Waals surface area contributed by atoms with Gasteiger partial charge in [-0.05, 0) is 60.9 Å². The molecule has 0 aliphatic rings. The van der Waals surface area contributed by atoms with Gasteiger partial charge in [-0.15, -0.1) is 0 Å². The number of sulfonamides is 1. The molecular formula is C36H40ClN3O6S. The highest BCUT2D eigenvalue weighted by atomic mass is 35.5. The van der Waals surface area contributed by atoms with Crippen LogP contribution in [0.3, 0.4) is 0 Å². The Balaban J connectivity index is 1.81. The number of carbonyl (C=O) groups excluding carboxylic acids is 2. The Kier molecular flexibility index (Phi) is 12.3. The Morgan fingerprint density at radius 3 is 2.00 bits per heavy atom. The van der Waals surface area contributed by atoms with Gasteiger partial charge in [0.25, 0.3) is 10.0 Å². The molecule has 11 heteroatoms. The molecule has 0 fully saturated rings. The van der Waals surface area contributed by atoms with E-state index in [9.17, 15) is 18.0 Å². The lowest BCUT2D eigenvalue weighted by atomic mass is 10.0. The molecule has 0 aliphatic heterocycles. The molecule has 248 valence electrons. The normalized spacial score (nSPS) is 12.4. The summed E-state index contributed by atoms with van der Waals surface area (Å²) in [6, 6.07) is 28.1. The number of anilines is 1. The summed E-state index contributed by atoms with van der Waals surface area (Å²) in [4.78, 5) is 29.8. The summed E-state index contributed by atoms with van der Waals surface area (Å²) in [5.74, 6) is -0.321. The summed E-state index contributed by atoms with van der Waals surface area (Å²) in [5, 5.41) is 3.44. The lowest BCUT2D eigenvalue weighted by Gasteiger charge is -2.34. The monoisotopic (exact) mass is 677 g/mol. The number of hydrogen-bond donors (Lipinski definition) is 1. The number of methoxy groups -OCH3 is 2. The standard InChI is InChI=1S/C36H40ClN3O6S/c1-5-26(2)38-36(42)32(22-27-12-8-6-9-13-27)39(24-28-14-10-7-11-15-28)35(41)25-40(30-18-16-29(37)17-19-30)47(43,44)31-20-21-33(45-3)34(23-31)46-4/h6-21,23,26,32H,5,22,24-25H2,1-4H3,(H,38,42)/t26-,32+/m0/s1. The molecule has 2 amide bonds. The van der Waals surface area contributed by atoms with E-state index in [4.69, 9.17) is 21.1 Å². The summed E-state index contributed by atoms with van der Waals surface area (Å²) in [7, 11) is -1.48. The van der Waals surface area contributed by atoms with Gasteiger partial charge in [-0.3, -0.25) is 13.9 Å². The van der Waals surface area contributed by atoms with Crippen LogP contribution in [0.25, 0.3) is 0 Å². The van der Waals surface area contributed by atoms with Crippen LogP contribution in [0, 0.1) is 0 Å². The van der Waals surface area contributed by atoms with Gasteiger partial charge in [0.05, 0.1) is 24.8 Å². The summed E-state index contributed by atoms with van der Waals surface area (Å²) in [6.07, 6.45) is 0.926. The number of nitrogens with zero attached hydrogens (tertiary/aromatic N) is 2. The molecule has 0 spiro atoms. The zero-order valence-electron chi connectivity index (χ0n) is 26.9. The van der Waals surface area contributed by atoms with Crippen molar-refractivity contribution in [2.75, 3.05) is 25.1 Å². The first-order valence-electron chi connectivity index (χ1n) is 15.2. The average Bonchev–Trinajstić information content (AvgIpc) is 3.09. The van der Waals surface area contributed by atoms with E-state index in [2.05, 4.69) is 5.32 Å². The average molecular weight is 678 g/mol. The third-order valence-electron chi connectivity index (χ3n) is 7.80. The zero-order valence-corrected chi connectivity index (χ0v) is 28.5. The molecule has 4 rings (SSSR count). The second-order valence-electron chi connectivity index (χ2n) is 11.0. The lowest BCUT2D eigenvalue weighted by Crippen LogP contribution is -2.54. The fourth-order valence-corrected chi connectivity index (χ4v) is 6.57. The van der Waals surface area contributed by atoms with Crippen molar-refractivity contribution in [3.05, 3.63) is 119 Å². The van der Waals surface area contributed by atoms with Gasteiger partial charge in [-0.1, -0.05) is 79.2 Å². The molecule has 0 bridgehead atoms. The van der Waals surface area contributed by atoms with Crippen LogP contribution in [0.2, 0.25) is 5.02 Å². The molecular weight excluding hydrogens is 638 g/mol. The quantitative estimate of drug-likeness (QED) is 0.163. The number of ether oxygens (including phenoxy) is 2. The first kappa shape index (κ1) is 35.3. The molecule has 0 saturated carbocycles. The predicted molar refractivity (Wildman–Crippen MR) is 184 cm³/mol. The van der Waals surface area contributed by atoms with Crippen molar-refractivity contribution >= 4 is 39.1 Å². The molecule has 9 nitrogen and oxygen atoms in total. The van der Waals surface area contributed by atoms with E-state index in [-0.39, 0.29) is 41.2 Å². The molecule has 0 heterocycles. The molecule has 0 unspecified atom stereocenters. The Labute approximate surface area is 282 Å².